The average Bonchev–Trinajstić information content (AvgIpc) is 2.67. The number of rotatable bonds is 3. The number of anilines is 1. The number of hydrogen-bond acceptors (Lipinski definition) is 7. The van der Waals surface area contributed by atoms with Gasteiger partial charge in [0, 0.05) is 6.07 Å². The van der Waals surface area contributed by atoms with Crippen molar-refractivity contribution in [3.8, 4) is 5.88 Å². The van der Waals surface area contributed by atoms with Crippen LogP contribution in [0.15, 0.2) is 21.5 Å². The number of aryl methyl sites for hydroxylation is 1. The Balaban J connectivity index is 2.26. The highest BCUT2D eigenvalue weighted by atomic mass is 32.2. The summed E-state index contributed by atoms with van der Waals surface area (Å²) in [5.41, 5.74) is 6.43. The smallest absolute Gasteiger partial charge is 0.214 e. The van der Waals surface area contributed by atoms with E-state index in [2.05, 4.69) is 15.2 Å². The average molecular weight is 254 g/mol. The number of methoxy groups -OCH3 is 1. The van der Waals surface area contributed by atoms with Crippen molar-refractivity contribution in [3.63, 3.8) is 0 Å². The summed E-state index contributed by atoms with van der Waals surface area (Å²) in [7, 11) is 1.57. The molecule has 2 heterocycles. The molecule has 0 spiro atoms. The summed E-state index contributed by atoms with van der Waals surface area (Å²) < 4.78 is 5.86. The van der Waals surface area contributed by atoms with Crippen LogP contribution in [0.5, 0.6) is 5.88 Å². The van der Waals surface area contributed by atoms with E-state index in [-0.39, 0.29) is 0 Å². The summed E-state index contributed by atoms with van der Waals surface area (Å²) in [6.45, 7) is 1.91. The molecule has 0 aliphatic carbocycles. The Kier molecular flexibility index (Phi) is 3.25. The summed E-state index contributed by atoms with van der Waals surface area (Å²) in [6, 6.07) is 3.49. The van der Waals surface area contributed by atoms with E-state index in [4.69, 9.17) is 10.5 Å². The van der Waals surface area contributed by atoms with Gasteiger partial charge in [-0.05, 0) is 24.8 Å². The molecule has 0 amide bonds. The van der Waals surface area contributed by atoms with Gasteiger partial charge in [-0.3, -0.25) is 0 Å². The molecule has 0 aliphatic rings. The van der Waals surface area contributed by atoms with Gasteiger partial charge in [-0.25, -0.2) is 4.98 Å². The van der Waals surface area contributed by atoms with Gasteiger partial charge in [0.1, 0.15) is 10.0 Å². The van der Waals surface area contributed by atoms with Crippen LogP contribution in [0, 0.1) is 6.92 Å². The van der Waals surface area contributed by atoms with Crippen LogP contribution in [0.25, 0.3) is 0 Å². The van der Waals surface area contributed by atoms with E-state index in [1.54, 1.807) is 19.2 Å². The van der Waals surface area contributed by atoms with Crippen molar-refractivity contribution in [2.24, 2.45) is 0 Å². The number of nitrogens with zero attached hydrogens (tertiary/aromatic N) is 3. The highest BCUT2D eigenvalue weighted by molar-refractivity contribution is 8.01. The number of hydrogen-bond donors (Lipinski definition) is 1. The first-order valence-corrected chi connectivity index (χ1v) is 6.11. The molecule has 2 aromatic heterocycles. The Morgan fingerprint density at radius 3 is 2.81 bits per heavy atom. The van der Waals surface area contributed by atoms with Crippen LogP contribution in [-0.2, 0) is 0 Å². The minimum absolute atomic E-state index is 0.540. The van der Waals surface area contributed by atoms with E-state index in [0.29, 0.717) is 16.6 Å². The molecule has 16 heavy (non-hydrogen) atoms. The molecule has 0 atom stereocenters. The van der Waals surface area contributed by atoms with Gasteiger partial charge in [-0.2, -0.15) is 0 Å². The van der Waals surface area contributed by atoms with Gasteiger partial charge in [-0.1, -0.05) is 11.3 Å². The first kappa shape index (κ1) is 11.2. The molecule has 0 bridgehead atoms. The lowest BCUT2D eigenvalue weighted by molar-refractivity contribution is 0.395. The number of nitrogens with two attached hydrogens (primary N) is 1. The van der Waals surface area contributed by atoms with E-state index < -0.39 is 0 Å². The number of aromatic nitrogens is 3. The summed E-state index contributed by atoms with van der Waals surface area (Å²) >= 11 is 2.90. The molecule has 0 radical (unpaired) electrons. The van der Waals surface area contributed by atoms with E-state index in [1.165, 1.54) is 23.1 Å². The summed E-state index contributed by atoms with van der Waals surface area (Å²) in [5.74, 6) is 0.540. The van der Waals surface area contributed by atoms with Crippen LogP contribution in [-0.4, -0.2) is 22.3 Å². The van der Waals surface area contributed by atoms with E-state index >= 15 is 0 Å². The zero-order valence-electron chi connectivity index (χ0n) is 8.80. The lowest BCUT2D eigenvalue weighted by atomic mass is 10.4. The maximum Gasteiger partial charge on any atom is 0.214 e. The van der Waals surface area contributed by atoms with Gasteiger partial charge in [0.05, 0.1) is 12.8 Å². The van der Waals surface area contributed by atoms with Crippen molar-refractivity contribution >= 4 is 28.8 Å². The molecule has 2 N–H and O–H groups in total. The van der Waals surface area contributed by atoms with Crippen molar-refractivity contribution in [1.82, 2.24) is 15.2 Å². The van der Waals surface area contributed by atoms with Gasteiger partial charge in [0.25, 0.3) is 0 Å². The highest BCUT2D eigenvalue weighted by Crippen LogP contribution is 2.33. The third kappa shape index (κ3) is 2.42. The lowest BCUT2D eigenvalue weighted by Crippen LogP contribution is -1.94. The van der Waals surface area contributed by atoms with Crippen LogP contribution in [0.2, 0.25) is 0 Å². The largest absolute Gasteiger partial charge is 0.481 e. The molecule has 0 unspecified atom stereocenters. The van der Waals surface area contributed by atoms with E-state index in [9.17, 15) is 0 Å². The highest BCUT2D eigenvalue weighted by Gasteiger charge is 2.09. The zero-order valence-corrected chi connectivity index (χ0v) is 10.4. The lowest BCUT2D eigenvalue weighted by Gasteiger charge is -2.04. The Hall–Kier alpha value is -1.34. The third-order valence-corrected chi connectivity index (χ3v) is 3.67. The molecule has 0 saturated heterocycles. The second kappa shape index (κ2) is 4.67. The fourth-order valence-corrected chi connectivity index (χ4v) is 2.78. The van der Waals surface area contributed by atoms with Crippen LogP contribution in [0.3, 0.4) is 0 Å². The molecule has 84 valence electrons. The molecule has 0 aromatic carbocycles. The molecule has 0 saturated carbocycles. The van der Waals surface area contributed by atoms with E-state index in [1.807, 2.05) is 6.92 Å². The molecule has 2 aromatic rings. The molecule has 0 fully saturated rings. The molecule has 7 heteroatoms. The van der Waals surface area contributed by atoms with Crippen LogP contribution in [0.4, 0.5) is 5.69 Å². The maximum atomic E-state index is 5.82. The second-order valence-electron chi connectivity index (χ2n) is 2.94. The Morgan fingerprint density at radius 2 is 2.19 bits per heavy atom. The molecular formula is C9H10N4OS2. The first-order chi connectivity index (χ1) is 7.69. The Bertz CT molecular complexity index is 500. The fourth-order valence-electron chi connectivity index (χ4n) is 1.03. The van der Waals surface area contributed by atoms with Gasteiger partial charge in [0.15, 0.2) is 4.34 Å². The van der Waals surface area contributed by atoms with Gasteiger partial charge in [-0.15, -0.1) is 10.2 Å². The SMILES string of the molecule is COc1ccc(N)c(Sc2nnc(C)s2)n1. The molecule has 5 nitrogen and oxygen atoms in total. The van der Waals surface area contributed by atoms with Gasteiger partial charge < -0.3 is 10.5 Å². The first-order valence-electron chi connectivity index (χ1n) is 4.47. The maximum absolute atomic E-state index is 5.82. The van der Waals surface area contributed by atoms with Crippen LogP contribution in [0.1, 0.15) is 5.01 Å². The number of ether oxygens (including phenoxy) is 1. The van der Waals surface area contributed by atoms with E-state index in [0.717, 1.165) is 9.35 Å². The van der Waals surface area contributed by atoms with Crippen LogP contribution < -0.4 is 10.5 Å². The molecule has 0 aliphatic heterocycles. The minimum Gasteiger partial charge on any atom is -0.481 e. The van der Waals surface area contributed by atoms with Crippen molar-refractivity contribution in [3.05, 3.63) is 17.1 Å². The van der Waals surface area contributed by atoms with Crippen molar-refractivity contribution in [2.75, 3.05) is 12.8 Å². The predicted molar refractivity (Wildman–Crippen MR) is 64.0 cm³/mol. The van der Waals surface area contributed by atoms with Crippen molar-refractivity contribution in [1.29, 1.82) is 0 Å². The number of nitrogen functional groups attached to an aromatic ring is 1. The third-order valence-electron chi connectivity index (χ3n) is 1.76. The predicted octanol–water partition coefficient (Wildman–Crippen LogP) is 1.98. The number of pyridine rings is 1. The summed E-state index contributed by atoms with van der Waals surface area (Å²) in [5, 5.41) is 9.55. The second-order valence-corrected chi connectivity index (χ2v) is 5.35. The standard InChI is InChI=1S/C9H10N4OS2/c1-5-12-13-9(15-5)16-8-6(10)3-4-7(11-8)14-2/h3-4H,10H2,1-2H3. The summed E-state index contributed by atoms with van der Waals surface area (Å²) in [6.07, 6.45) is 0. The van der Waals surface area contributed by atoms with Crippen LogP contribution >= 0.6 is 23.1 Å². The van der Waals surface area contributed by atoms with Crippen molar-refractivity contribution < 1.29 is 4.74 Å². The Labute approximate surface area is 101 Å². The summed E-state index contributed by atoms with van der Waals surface area (Å²) in [4.78, 5) is 4.25. The topological polar surface area (TPSA) is 73.9 Å². The molecular weight excluding hydrogens is 244 g/mol. The minimum atomic E-state index is 0.540. The fraction of sp³-hybridized carbons (Fsp3) is 0.222. The zero-order chi connectivity index (χ0) is 11.5. The normalized spacial score (nSPS) is 10.4. The van der Waals surface area contributed by atoms with Gasteiger partial charge in [0.2, 0.25) is 5.88 Å². The van der Waals surface area contributed by atoms with Gasteiger partial charge >= 0.3 is 0 Å². The van der Waals surface area contributed by atoms with Crippen molar-refractivity contribution in [2.45, 2.75) is 16.3 Å². The Morgan fingerprint density at radius 1 is 1.38 bits per heavy atom. The quantitative estimate of drug-likeness (QED) is 0.902. The molecule has 2 rings (SSSR count). The monoisotopic (exact) mass is 254 g/mol.